The molecule has 1 unspecified atom stereocenters. The van der Waals surface area contributed by atoms with Crippen LogP contribution in [0.1, 0.15) is 19.8 Å². The van der Waals surface area contributed by atoms with Gasteiger partial charge in [0.2, 0.25) is 0 Å². The first-order valence-corrected chi connectivity index (χ1v) is 6.01. The number of rotatable bonds is 6. The summed E-state index contributed by atoms with van der Waals surface area (Å²) >= 11 is 3.23. The van der Waals surface area contributed by atoms with Crippen molar-refractivity contribution in [1.82, 2.24) is 4.98 Å². The molecule has 0 aliphatic carbocycles. The molecule has 94 valence electrons. The number of aliphatic hydroxyl groups excluding tert-OH is 1. The molecule has 1 aromatic heterocycles. The molecule has 7 heteroatoms. The molecule has 0 aliphatic rings. The number of aliphatic hydroxyl groups is 1. The number of hydrogen-bond acceptors (Lipinski definition) is 5. The van der Waals surface area contributed by atoms with Gasteiger partial charge in [0.05, 0.1) is 9.40 Å². The van der Waals surface area contributed by atoms with Gasteiger partial charge in [-0.05, 0) is 35.7 Å². The second kappa shape index (κ2) is 6.51. The number of nitrogens with one attached hydrogen (secondary N) is 1. The Balaban J connectivity index is 2.69. The van der Waals surface area contributed by atoms with Crippen LogP contribution in [0.3, 0.4) is 0 Å². The lowest BCUT2D eigenvalue weighted by Gasteiger charge is -2.14. The number of anilines is 1. The van der Waals surface area contributed by atoms with Crippen molar-refractivity contribution in [3.05, 3.63) is 26.9 Å². The number of nitrogens with zero attached hydrogens (tertiary/aromatic N) is 2. The van der Waals surface area contributed by atoms with Crippen LogP contribution in [0.25, 0.3) is 0 Å². The molecule has 1 heterocycles. The Morgan fingerprint density at radius 1 is 1.71 bits per heavy atom. The van der Waals surface area contributed by atoms with Crippen molar-refractivity contribution in [2.45, 2.75) is 25.8 Å². The van der Waals surface area contributed by atoms with Gasteiger partial charge in [0.25, 0.3) is 5.69 Å². The summed E-state index contributed by atoms with van der Waals surface area (Å²) in [6, 6.07) is 1.56. The highest BCUT2D eigenvalue weighted by atomic mass is 79.9. The molecule has 17 heavy (non-hydrogen) atoms. The second-order valence-electron chi connectivity index (χ2n) is 3.69. The summed E-state index contributed by atoms with van der Waals surface area (Å²) in [6.07, 6.45) is 2.73. The first-order valence-electron chi connectivity index (χ1n) is 5.22. The molecule has 0 spiro atoms. The van der Waals surface area contributed by atoms with E-state index < -0.39 is 4.92 Å². The van der Waals surface area contributed by atoms with Crippen molar-refractivity contribution in [1.29, 1.82) is 0 Å². The number of halogens is 1. The zero-order chi connectivity index (χ0) is 12.8. The predicted octanol–water partition coefficient (Wildman–Crippen LogP) is 2.33. The number of aromatic nitrogens is 1. The smallest absolute Gasteiger partial charge is 0.288 e. The summed E-state index contributed by atoms with van der Waals surface area (Å²) in [5.74, 6) is 0.570. The minimum Gasteiger partial charge on any atom is -0.396 e. The fourth-order valence-electron chi connectivity index (χ4n) is 1.34. The lowest BCUT2D eigenvalue weighted by molar-refractivity contribution is -0.385. The quantitative estimate of drug-likeness (QED) is 0.622. The highest BCUT2D eigenvalue weighted by Crippen LogP contribution is 2.25. The zero-order valence-corrected chi connectivity index (χ0v) is 11.0. The number of nitro groups is 1. The fraction of sp³-hybridized carbons (Fsp3) is 0.500. The fourth-order valence-corrected chi connectivity index (χ4v) is 1.79. The van der Waals surface area contributed by atoms with Gasteiger partial charge in [-0.25, -0.2) is 4.98 Å². The van der Waals surface area contributed by atoms with E-state index in [4.69, 9.17) is 5.11 Å². The molecule has 0 amide bonds. The maximum atomic E-state index is 10.5. The molecule has 0 fully saturated rings. The lowest BCUT2D eigenvalue weighted by Crippen LogP contribution is -2.16. The van der Waals surface area contributed by atoms with Crippen LogP contribution in [0.2, 0.25) is 0 Å². The third kappa shape index (κ3) is 4.27. The molecule has 0 saturated carbocycles. The molecule has 0 aliphatic heterocycles. The Morgan fingerprint density at radius 3 is 2.94 bits per heavy atom. The van der Waals surface area contributed by atoms with Gasteiger partial charge in [0.15, 0.2) is 0 Å². The first-order chi connectivity index (χ1) is 8.04. The SMILES string of the molecule is CC(CCCO)Nc1ncc([N+](=O)[O-])cc1Br. The van der Waals surface area contributed by atoms with Gasteiger partial charge in [-0.2, -0.15) is 0 Å². The van der Waals surface area contributed by atoms with Crippen LogP contribution in [0, 0.1) is 10.1 Å². The average Bonchev–Trinajstić information content (AvgIpc) is 2.28. The van der Waals surface area contributed by atoms with Gasteiger partial charge in [0.1, 0.15) is 12.0 Å². The van der Waals surface area contributed by atoms with Crippen molar-refractivity contribution in [2.24, 2.45) is 0 Å². The molecule has 0 radical (unpaired) electrons. The standard InChI is InChI=1S/C10H14BrN3O3/c1-7(3-2-4-15)13-10-9(11)5-8(6-12-10)14(16)17/h5-7,15H,2-4H2,1H3,(H,12,13). The van der Waals surface area contributed by atoms with Crippen LogP contribution in [0.5, 0.6) is 0 Å². The largest absolute Gasteiger partial charge is 0.396 e. The Hall–Kier alpha value is -1.21. The second-order valence-corrected chi connectivity index (χ2v) is 4.55. The minimum absolute atomic E-state index is 0.0505. The van der Waals surface area contributed by atoms with E-state index in [9.17, 15) is 10.1 Å². The van der Waals surface area contributed by atoms with Gasteiger partial charge in [0, 0.05) is 18.7 Å². The zero-order valence-electron chi connectivity index (χ0n) is 9.39. The molecule has 1 atom stereocenters. The molecular weight excluding hydrogens is 290 g/mol. The van der Waals surface area contributed by atoms with Gasteiger partial charge >= 0.3 is 0 Å². The van der Waals surface area contributed by atoms with Gasteiger partial charge < -0.3 is 10.4 Å². The highest BCUT2D eigenvalue weighted by Gasteiger charge is 2.11. The first kappa shape index (κ1) is 13.9. The molecule has 0 bridgehead atoms. The van der Waals surface area contributed by atoms with E-state index >= 15 is 0 Å². The average molecular weight is 304 g/mol. The monoisotopic (exact) mass is 303 g/mol. The predicted molar refractivity (Wildman–Crippen MR) is 68.0 cm³/mol. The summed E-state index contributed by atoms with van der Waals surface area (Å²) in [5.41, 5.74) is -0.0505. The van der Waals surface area contributed by atoms with Crippen LogP contribution in [0.15, 0.2) is 16.7 Å². The third-order valence-corrected chi connectivity index (χ3v) is 2.82. The van der Waals surface area contributed by atoms with Crippen molar-refractivity contribution in [2.75, 3.05) is 11.9 Å². The minimum atomic E-state index is -0.489. The van der Waals surface area contributed by atoms with Crippen LogP contribution < -0.4 is 5.32 Å². The molecule has 6 nitrogen and oxygen atoms in total. The Morgan fingerprint density at radius 2 is 2.41 bits per heavy atom. The van der Waals surface area contributed by atoms with E-state index in [2.05, 4.69) is 26.2 Å². The van der Waals surface area contributed by atoms with Crippen molar-refractivity contribution < 1.29 is 10.0 Å². The van der Waals surface area contributed by atoms with Crippen LogP contribution in [-0.4, -0.2) is 27.7 Å². The van der Waals surface area contributed by atoms with E-state index in [-0.39, 0.29) is 18.3 Å². The van der Waals surface area contributed by atoms with Crippen LogP contribution in [0.4, 0.5) is 11.5 Å². The topological polar surface area (TPSA) is 88.3 Å². The molecule has 0 saturated heterocycles. The summed E-state index contributed by atoms with van der Waals surface area (Å²) in [7, 11) is 0. The van der Waals surface area contributed by atoms with Gasteiger partial charge in [-0.1, -0.05) is 0 Å². The summed E-state index contributed by atoms with van der Waals surface area (Å²) < 4.78 is 0.558. The van der Waals surface area contributed by atoms with Crippen LogP contribution in [-0.2, 0) is 0 Å². The van der Waals surface area contributed by atoms with E-state index in [0.29, 0.717) is 16.7 Å². The maximum absolute atomic E-state index is 10.5. The third-order valence-electron chi connectivity index (χ3n) is 2.22. The summed E-state index contributed by atoms with van der Waals surface area (Å²) in [6.45, 7) is 2.12. The van der Waals surface area contributed by atoms with E-state index in [1.54, 1.807) is 0 Å². The van der Waals surface area contributed by atoms with Crippen molar-refractivity contribution in [3.63, 3.8) is 0 Å². The Bertz CT molecular complexity index is 400. The molecule has 1 aromatic rings. The summed E-state index contributed by atoms with van der Waals surface area (Å²) in [5, 5.41) is 22.3. The lowest BCUT2D eigenvalue weighted by atomic mass is 10.2. The maximum Gasteiger partial charge on any atom is 0.288 e. The van der Waals surface area contributed by atoms with E-state index in [1.807, 2.05) is 6.92 Å². The Kier molecular flexibility index (Phi) is 5.30. The number of hydrogen-bond donors (Lipinski definition) is 2. The van der Waals surface area contributed by atoms with Crippen molar-refractivity contribution in [3.8, 4) is 0 Å². The molecule has 0 aromatic carbocycles. The number of pyridine rings is 1. The molecule has 2 N–H and O–H groups in total. The van der Waals surface area contributed by atoms with E-state index in [1.165, 1.54) is 12.3 Å². The molecular formula is C10H14BrN3O3. The van der Waals surface area contributed by atoms with Crippen molar-refractivity contribution >= 4 is 27.4 Å². The van der Waals surface area contributed by atoms with Gasteiger partial charge in [-0.15, -0.1) is 0 Å². The Labute approximate surface area is 107 Å². The van der Waals surface area contributed by atoms with Crippen LogP contribution >= 0.6 is 15.9 Å². The molecule has 1 rings (SSSR count). The van der Waals surface area contributed by atoms with E-state index in [0.717, 1.165) is 6.42 Å². The highest BCUT2D eigenvalue weighted by molar-refractivity contribution is 9.10. The van der Waals surface area contributed by atoms with Gasteiger partial charge in [-0.3, -0.25) is 10.1 Å². The normalized spacial score (nSPS) is 12.2. The summed E-state index contributed by atoms with van der Waals surface area (Å²) in [4.78, 5) is 14.0.